The summed E-state index contributed by atoms with van der Waals surface area (Å²) in [4.78, 5) is 23.9. The highest BCUT2D eigenvalue weighted by Crippen LogP contribution is 2.23. The summed E-state index contributed by atoms with van der Waals surface area (Å²) in [7, 11) is 0. The Labute approximate surface area is 170 Å². The Morgan fingerprint density at radius 1 is 1.07 bits per heavy atom. The van der Waals surface area contributed by atoms with Crippen LogP contribution in [0.15, 0.2) is 60.4 Å². The molecule has 0 aliphatic heterocycles. The van der Waals surface area contributed by atoms with Gasteiger partial charge in [0.2, 0.25) is 0 Å². The highest BCUT2D eigenvalue weighted by Gasteiger charge is 2.31. The van der Waals surface area contributed by atoms with Gasteiger partial charge in [-0.2, -0.15) is 0 Å². The summed E-state index contributed by atoms with van der Waals surface area (Å²) in [6, 6.07) is 9.65. The van der Waals surface area contributed by atoms with Gasteiger partial charge in [0.25, 0.3) is 5.91 Å². The van der Waals surface area contributed by atoms with Crippen molar-refractivity contribution in [2.45, 2.75) is 32.7 Å². The fourth-order valence-electron chi connectivity index (χ4n) is 2.42. The van der Waals surface area contributed by atoms with Gasteiger partial charge in [0.05, 0.1) is 5.76 Å². The maximum absolute atomic E-state index is 12.4. The number of aliphatic carboxylic acids is 1. The highest BCUT2D eigenvalue weighted by molar-refractivity contribution is 5.96. The van der Waals surface area contributed by atoms with Crippen LogP contribution in [0.2, 0.25) is 0 Å². The van der Waals surface area contributed by atoms with E-state index in [2.05, 4.69) is 10.1 Å². The van der Waals surface area contributed by atoms with Crippen LogP contribution in [0.25, 0.3) is 0 Å². The van der Waals surface area contributed by atoms with Crippen molar-refractivity contribution >= 4 is 11.9 Å². The SMILES string of the molecule is C/C=C(/C)Oc1ccc(C(=O)NC(Cc2ccc(OC(F)(F)F)cc2)C(=O)O)cc1. The predicted octanol–water partition coefficient (Wildman–Crippen LogP) is 4.31. The second-order valence-corrected chi connectivity index (χ2v) is 6.29. The van der Waals surface area contributed by atoms with Crippen molar-refractivity contribution in [2.24, 2.45) is 0 Å². The Hall–Kier alpha value is -3.49. The van der Waals surface area contributed by atoms with E-state index in [1.807, 2.05) is 6.92 Å². The fraction of sp³-hybridized carbons (Fsp3) is 0.238. The molecule has 1 atom stereocenters. The standard InChI is InChI=1S/C21H20F3NO5/c1-3-13(2)29-16-10-6-15(7-11-16)19(26)25-18(20(27)28)12-14-4-8-17(9-5-14)30-21(22,23)24/h3-11,18H,12H2,1-2H3,(H,25,26)(H,27,28)/b13-3-. The third kappa shape index (κ3) is 7.16. The second-order valence-electron chi connectivity index (χ2n) is 6.29. The molecule has 0 radical (unpaired) electrons. The Bertz CT molecular complexity index is 906. The first-order valence-corrected chi connectivity index (χ1v) is 8.86. The molecule has 160 valence electrons. The number of hydrogen-bond acceptors (Lipinski definition) is 4. The molecule has 9 heteroatoms. The quantitative estimate of drug-likeness (QED) is 0.618. The molecule has 30 heavy (non-hydrogen) atoms. The average molecular weight is 423 g/mol. The lowest BCUT2D eigenvalue weighted by Gasteiger charge is -2.15. The van der Waals surface area contributed by atoms with Gasteiger partial charge in [0.1, 0.15) is 17.5 Å². The monoisotopic (exact) mass is 423 g/mol. The minimum Gasteiger partial charge on any atom is -0.480 e. The lowest BCUT2D eigenvalue weighted by Crippen LogP contribution is -2.42. The zero-order valence-corrected chi connectivity index (χ0v) is 16.2. The summed E-state index contributed by atoms with van der Waals surface area (Å²) in [5, 5.41) is 11.8. The number of carboxylic acids is 1. The summed E-state index contributed by atoms with van der Waals surface area (Å²) in [6.07, 6.45) is -3.15. The van der Waals surface area contributed by atoms with Crippen molar-refractivity contribution in [2.75, 3.05) is 0 Å². The van der Waals surface area contributed by atoms with Crippen molar-refractivity contribution in [3.63, 3.8) is 0 Å². The van der Waals surface area contributed by atoms with E-state index in [9.17, 15) is 27.9 Å². The van der Waals surface area contributed by atoms with E-state index in [0.717, 1.165) is 12.1 Å². The molecule has 2 N–H and O–H groups in total. The smallest absolute Gasteiger partial charge is 0.480 e. The Balaban J connectivity index is 2.03. The third-order valence-electron chi connectivity index (χ3n) is 4.00. The van der Waals surface area contributed by atoms with Crippen molar-refractivity contribution in [3.05, 3.63) is 71.5 Å². The van der Waals surface area contributed by atoms with Crippen LogP contribution < -0.4 is 14.8 Å². The van der Waals surface area contributed by atoms with Crippen LogP contribution in [0.5, 0.6) is 11.5 Å². The summed E-state index contributed by atoms with van der Waals surface area (Å²) < 4.78 is 45.9. The molecule has 0 saturated heterocycles. The number of halogens is 3. The molecule has 1 unspecified atom stereocenters. The van der Waals surface area contributed by atoms with Crippen molar-refractivity contribution in [1.29, 1.82) is 0 Å². The van der Waals surface area contributed by atoms with Gasteiger partial charge in [0, 0.05) is 12.0 Å². The molecule has 2 aromatic rings. The number of allylic oxidation sites excluding steroid dienone is 2. The summed E-state index contributed by atoms with van der Waals surface area (Å²) >= 11 is 0. The van der Waals surface area contributed by atoms with Crippen molar-refractivity contribution < 1.29 is 37.3 Å². The molecule has 0 aliphatic carbocycles. The van der Waals surface area contributed by atoms with Crippen LogP contribution >= 0.6 is 0 Å². The van der Waals surface area contributed by atoms with Gasteiger partial charge in [-0.05, 0) is 61.9 Å². The Kier molecular flexibility index (Phi) is 7.46. The molecule has 6 nitrogen and oxygen atoms in total. The van der Waals surface area contributed by atoms with E-state index in [1.54, 1.807) is 25.1 Å². The third-order valence-corrected chi connectivity index (χ3v) is 4.00. The lowest BCUT2D eigenvalue weighted by molar-refractivity contribution is -0.274. The van der Waals surface area contributed by atoms with E-state index in [0.29, 0.717) is 17.1 Å². The molecule has 0 fully saturated rings. The number of ether oxygens (including phenoxy) is 2. The van der Waals surface area contributed by atoms with Crippen LogP contribution in [0, 0.1) is 0 Å². The molecular formula is C21H20F3NO5. The van der Waals surface area contributed by atoms with Gasteiger partial charge in [-0.1, -0.05) is 12.1 Å². The van der Waals surface area contributed by atoms with Gasteiger partial charge in [-0.15, -0.1) is 13.2 Å². The Morgan fingerprint density at radius 2 is 1.63 bits per heavy atom. The van der Waals surface area contributed by atoms with Crippen LogP contribution in [0.3, 0.4) is 0 Å². The topological polar surface area (TPSA) is 84.9 Å². The number of hydrogen-bond donors (Lipinski definition) is 2. The number of benzene rings is 2. The minimum absolute atomic E-state index is 0.116. The van der Waals surface area contributed by atoms with Gasteiger partial charge >= 0.3 is 12.3 Å². The first-order chi connectivity index (χ1) is 14.1. The highest BCUT2D eigenvalue weighted by atomic mass is 19.4. The van der Waals surface area contributed by atoms with Crippen molar-refractivity contribution in [1.82, 2.24) is 5.32 Å². The maximum Gasteiger partial charge on any atom is 0.573 e. The molecule has 0 spiro atoms. The van der Waals surface area contributed by atoms with Gasteiger partial charge in [-0.3, -0.25) is 4.79 Å². The fourth-order valence-corrected chi connectivity index (χ4v) is 2.42. The maximum atomic E-state index is 12.4. The Morgan fingerprint density at radius 3 is 2.13 bits per heavy atom. The van der Waals surface area contributed by atoms with Gasteiger partial charge < -0.3 is 19.9 Å². The molecule has 0 bridgehead atoms. The number of carboxylic acid groups (broad SMARTS) is 1. The number of alkyl halides is 3. The minimum atomic E-state index is -4.81. The van der Waals surface area contributed by atoms with Crippen LogP contribution in [0.1, 0.15) is 29.8 Å². The molecule has 0 aromatic heterocycles. The second kappa shape index (κ2) is 9.82. The van der Waals surface area contributed by atoms with E-state index in [1.165, 1.54) is 24.3 Å². The van der Waals surface area contributed by atoms with E-state index < -0.39 is 30.0 Å². The molecular weight excluding hydrogens is 403 g/mol. The first-order valence-electron chi connectivity index (χ1n) is 8.86. The van der Waals surface area contributed by atoms with Crippen molar-refractivity contribution in [3.8, 4) is 11.5 Å². The normalized spacial score (nSPS) is 12.8. The molecule has 0 aliphatic rings. The first kappa shape index (κ1) is 22.8. The number of rotatable bonds is 8. The number of carbonyl (C=O) groups is 2. The summed E-state index contributed by atoms with van der Waals surface area (Å²) in [5.74, 6) is -1.09. The molecule has 1 amide bonds. The van der Waals surface area contributed by atoms with E-state index in [4.69, 9.17) is 4.74 Å². The summed E-state index contributed by atoms with van der Waals surface area (Å²) in [5.41, 5.74) is 0.656. The van der Waals surface area contributed by atoms with Crippen LogP contribution in [0.4, 0.5) is 13.2 Å². The van der Waals surface area contributed by atoms with E-state index in [-0.39, 0.29) is 12.0 Å². The lowest BCUT2D eigenvalue weighted by atomic mass is 10.1. The molecule has 2 aromatic carbocycles. The largest absolute Gasteiger partial charge is 0.573 e. The molecule has 2 rings (SSSR count). The predicted molar refractivity (Wildman–Crippen MR) is 102 cm³/mol. The van der Waals surface area contributed by atoms with E-state index >= 15 is 0 Å². The van der Waals surface area contributed by atoms with Crippen LogP contribution in [-0.2, 0) is 11.2 Å². The number of nitrogens with one attached hydrogen (secondary N) is 1. The molecule has 0 saturated carbocycles. The summed E-state index contributed by atoms with van der Waals surface area (Å²) in [6.45, 7) is 3.60. The van der Waals surface area contributed by atoms with Gasteiger partial charge in [0.15, 0.2) is 0 Å². The number of carbonyl (C=O) groups excluding carboxylic acids is 1. The molecule has 0 heterocycles. The average Bonchev–Trinajstić information content (AvgIpc) is 2.68. The van der Waals surface area contributed by atoms with Gasteiger partial charge in [-0.25, -0.2) is 4.79 Å². The number of amides is 1. The van der Waals surface area contributed by atoms with Crippen LogP contribution in [-0.4, -0.2) is 29.4 Å². The zero-order chi connectivity index (χ0) is 22.3. The zero-order valence-electron chi connectivity index (χ0n) is 16.2.